The van der Waals surface area contributed by atoms with E-state index in [2.05, 4.69) is 34.5 Å². The number of nitrogens with one attached hydrogen (secondary N) is 1. The first-order valence-corrected chi connectivity index (χ1v) is 10.2. The van der Waals surface area contributed by atoms with Crippen LogP contribution >= 0.6 is 23.2 Å². The molecule has 1 heterocycles. The lowest BCUT2D eigenvalue weighted by atomic mass is 9.98. The van der Waals surface area contributed by atoms with Crippen LogP contribution in [0.1, 0.15) is 11.7 Å². The number of morpholine rings is 1. The third kappa shape index (κ3) is 5.58. The third-order valence-corrected chi connectivity index (χ3v) is 5.22. The molecule has 0 aliphatic carbocycles. The standard InChI is InChI=1S/C21H25Cl2FN2O2/c22-20(23)14-25-19(13-24)21(27)17-3-1-15(2-4-17)16-5-7-18(8-6-16)26-9-11-28-12-10-26/h1-8,19-21,25,27H,9-14H2. The molecule has 2 aromatic rings. The number of nitrogens with zero attached hydrogens (tertiary/aromatic N) is 1. The number of benzene rings is 2. The van der Waals surface area contributed by atoms with Crippen LogP contribution in [0.25, 0.3) is 11.1 Å². The van der Waals surface area contributed by atoms with Crippen LogP contribution in [0.4, 0.5) is 10.1 Å². The van der Waals surface area contributed by atoms with Crippen LogP contribution in [-0.2, 0) is 4.74 Å². The molecule has 152 valence electrons. The number of hydrogen-bond acceptors (Lipinski definition) is 4. The van der Waals surface area contributed by atoms with Crippen molar-refractivity contribution in [1.82, 2.24) is 5.32 Å². The molecule has 0 radical (unpaired) electrons. The van der Waals surface area contributed by atoms with Gasteiger partial charge >= 0.3 is 0 Å². The molecule has 7 heteroatoms. The van der Waals surface area contributed by atoms with Gasteiger partial charge in [-0.15, -0.1) is 23.2 Å². The van der Waals surface area contributed by atoms with Crippen molar-refractivity contribution in [1.29, 1.82) is 0 Å². The van der Waals surface area contributed by atoms with Gasteiger partial charge in [0.25, 0.3) is 0 Å². The lowest BCUT2D eigenvalue weighted by Crippen LogP contribution is -2.39. The predicted octanol–water partition coefficient (Wildman–Crippen LogP) is 3.96. The van der Waals surface area contributed by atoms with Crippen molar-refractivity contribution < 1.29 is 14.2 Å². The van der Waals surface area contributed by atoms with Crippen molar-refractivity contribution in [2.24, 2.45) is 0 Å². The summed E-state index contributed by atoms with van der Waals surface area (Å²) in [5, 5.41) is 13.3. The van der Waals surface area contributed by atoms with Gasteiger partial charge in [0.05, 0.1) is 25.4 Å². The van der Waals surface area contributed by atoms with E-state index in [1.54, 1.807) is 0 Å². The molecule has 0 bridgehead atoms. The average Bonchev–Trinajstić information content (AvgIpc) is 2.75. The summed E-state index contributed by atoms with van der Waals surface area (Å²) in [4.78, 5) is 1.66. The predicted molar refractivity (Wildman–Crippen MR) is 113 cm³/mol. The van der Waals surface area contributed by atoms with Crippen LogP contribution in [0.15, 0.2) is 48.5 Å². The van der Waals surface area contributed by atoms with Gasteiger partial charge in [-0.1, -0.05) is 36.4 Å². The highest BCUT2D eigenvalue weighted by Gasteiger charge is 2.21. The van der Waals surface area contributed by atoms with E-state index in [1.807, 2.05) is 24.3 Å². The van der Waals surface area contributed by atoms with Crippen LogP contribution in [0.2, 0.25) is 0 Å². The molecule has 3 rings (SSSR count). The number of hydrogen-bond donors (Lipinski definition) is 2. The molecule has 1 fully saturated rings. The van der Waals surface area contributed by atoms with Crippen molar-refractivity contribution in [3.05, 3.63) is 54.1 Å². The number of aliphatic hydroxyl groups excluding tert-OH is 1. The zero-order valence-electron chi connectivity index (χ0n) is 15.5. The summed E-state index contributed by atoms with van der Waals surface area (Å²) in [6.45, 7) is 2.83. The van der Waals surface area contributed by atoms with Crippen LogP contribution in [0.3, 0.4) is 0 Å². The summed E-state index contributed by atoms with van der Waals surface area (Å²) in [5.41, 5.74) is 3.96. The number of rotatable bonds is 8. The minimum atomic E-state index is -0.977. The summed E-state index contributed by atoms with van der Waals surface area (Å²) >= 11 is 11.3. The molecular formula is C21H25Cl2FN2O2. The Morgan fingerprint density at radius 2 is 1.57 bits per heavy atom. The number of aliphatic hydroxyl groups is 1. The minimum Gasteiger partial charge on any atom is -0.387 e. The average molecular weight is 427 g/mol. The van der Waals surface area contributed by atoms with Crippen molar-refractivity contribution in [2.45, 2.75) is 17.0 Å². The Balaban J connectivity index is 1.66. The van der Waals surface area contributed by atoms with Crippen molar-refractivity contribution >= 4 is 28.9 Å². The van der Waals surface area contributed by atoms with E-state index in [9.17, 15) is 9.50 Å². The zero-order chi connectivity index (χ0) is 19.9. The second-order valence-corrected chi connectivity index (χ2v) is 8.05. The molecule has 0 spiro atoms. The Morgan fingerprint density at radius 3 is 2.11 bits per heavy atom. The Morgan fingerprint density at radius 1 is 1.00 bits per heavy atom. The Kier molecular flexibility index (Phi) is 7.94. The van der Waals surface area contributed by atoms with Crippen molar-refractivity contribution in [3.63, 3.8) is 0 Å². The molecule has 1 saturated heterocycles. The van der Waals surface area contributed by atoms with Crippen LogP contribution in [0, 0.1) is 0 Å². The third-order valence-electron chi connectivity index (χ3n) is 4.91. The highest BCUT2D eigenvalue weighted by molar-refractivity contribution is 6.44. The molecule has 28 heavy (non-hydrogen) atoms. The summed E-state index contributed by atoms with van der Waals surface area (Å²) in [6, 6.07) is 15.2. The highest BCUT2D eigenvalue weighted by Crippen LogP contribution is 2.26. The van der Waals surface area contributed by atoms with Gasteiger partial charge in [0.2, 0.25) is 0 Å². The Labute approximate surface area is 175 Å². The maximum absolute atomic E-state index is 13.3. The monoisotopic (exact) mass is 426 g/mol. The van der Waals surface area contributed by atoms with Gasteiger partial charge < -0.3 is 20.1 Å². The van der Waals surface area contributed by atoms with Gasteiger partial charge in [-0.2, -0.15) is 0 Å². The summed E-state index contributed by atoms with van der Waals surface area (Å²) in [7, 11) is 0. The van der Waals surface area contributed by atoms with E-state index in [0.717, 1.165) is 37.4 Å². The molecule has 1 aliphatic rings. The number of ether oxygens (including phenoxy) is 1. The molecule has 0 saturated carbocycles. The van der Waals surface area contributed by atoms with Crippen LogP contribution in [0.5, 0.6) is 0 Å². The summed E-state index contributed by atoms with van der Waals surface area (Å²) < 4.78 is 18.7. The smallest absolute Gasteiger partial charge is 0.120 e. The van der Waals surface area contributed by atoms with E-state index >= 15 is 0 Å². The quantitative estimate of drug-likeness (QED) is 0.627. The molecule has 0 aromatic heterocycles. The van der Waals surface area contributed by atoms with E-state index in [4.69, 9.17) is 27.9 Å². The normalized spacial score (nSPS) is 17.0. The lowest BCUT2D eigenvalue weighted by molar-refractivity contribution is 0.114. The second-order valence-electron chi connectivity index (χ2n) is 6.77. The first kappa shape index (κ1) is 21.3. The van der Waals surface area contributed by atoms with E-state index in [1.165, 1.54) is 5.69 Å². The fourth-order valence-electron chi connectivity index (χ4n) is 3.28. The molecule has 1 aliphatic heterocycles. The molecule has 2 aromatic carbocycles. The topological polar surface area (TPSA) is 44.7 Å². The Hall–Kier alpha value is -1.37. The van der Waals surface area contributed by atoms with E-state index in [-0.39, 0.29) is 6.54 Å². The largest absolute Gasteiger partial charge is 0.387 e. The van der Waals surface area contributed by atoms with Crippen LogP contribution < -0.4 is 10.2 Å². The van der Waals surface area contributed by atoms with Gasteiger partial charge in [0.15, 0.2) is 0 Å². The molecule has 2 unspecified atom stereocenters. The summed E-state index contributed by atoms with van der Waals surface area (Å²) in [5.74, 6) is 0. The van der Waals surface area contributed by atoms with Gasteiger partial charge in [-0.25, -0.2) is 4.39 Å². The van der Waals surface area contributed by atoms with Crippen molar-refractivity contribution in [2.75, 3.05) is 44.4 Å². The first-order valence-electron chi connectivity index (χ1n) is 9.37. The zero-order valence-corrected chi connectivity index (χ0v) is 17.0. The number of anilines is 1. The number of halogens is 3. The lowest BCUT2D eigenvalue weighted by Gasteiger charge is -2.29. The fraction of sp³-hybridized carbons (Fsp3) is 0.429. The summed E-state index contributed by atoms with van der Waals surface area (Å²) in [6.07, 6.45) is -0.977. The molecule has 4 nitrogen and oxygen atoms in total. The molecule has 0 amide bonds. The van der Waals surface area contributed by atoms with Gasteiger partial charge in [0.1, 0.15) is 11.5 Å². The van der Waals surface area contributed by atoms with Crippen LogP contribution in [-0.4, -0.2) is 55.5 Å². The maximum atomic E-state index is 13.3. The second kappa shape index (κ2) is 10.4. The maximum Gasteiger partial charge on any atom is 0.120 e. The van der Waals surface area contributed by atoms with Crippen molar-refractivity contribution in [3.8, 4) is 11.1 Å². The SMILES string of the molecule is OC(c1ccc(-c2ccc(N3CCOCC3)cc2)cc1)C(CF)NCC(Cl)Cl. The fourth-order valence-corrected chi connectivity index (χ4v) is 3.46. The van der Waals surface area contributed by atoms with E-state index < -0.39 is 23.7 Å². The highest BCUT2D eigenvalue weighted by atomic mass is 35.5. The van der Waals surface area contributed by atoms with Gasteiger partial charge in [-0.3, -0.25) is 0 Å². The van der Waals surface area contributed by atoms with Gasteiger partial charge in [-0.05, 0) is 28.8 Å². The van der Waals surface area contributed by atoms with E-state index in [0.29, 0.717) is 5.56 Å². The van der Waals surface area contributed by atoms with Gasteiger partial charge in [0, 0.05) is 25.3 Å². The number of alkyl halides is 3. The molecule has 2 N–H and O–H groups in total. The first-order chi connectivity index (χ1) is 13.6. The molecular weight excluding hydrogens is 402 g/mol. The molecule has 2 atom stereocenters. The minimum absolute atomic E-state index is 0.211. The Bertz CT molecular complexity index is 722.